The predicted octanol–water partition coefficient (Wildman–Crippen LogP) is 6.23. The van der Waals surface area contributed by atoms with Crippen molar-refractivity contribution in [3.8, 4) is 11.1 Å². The van der Waals surface area contributed by atoms with E-state index in [9.17, 15) is 0 Å². The van der Waals surface area contributed by atoms with Gasteiger partial charge in [-0.25, -0.2) is 0 Å². The molecule has 0 spiro atoms. The maximum absolute atomic E-state index is 6.26. The highest BCUT2D eigenvalue weighted by Gasteiger charge is 2.43. The second-order valence-electron chi connectivity index (χ2n) is 7.98. The van der Waals surface area contributed by atoms with Crippen LogP contribution >= 0.6 is 12.4 Å². The van der Waals surface area contributed by atoms with Gasteiger partial charge in [0.1, 0.15) is 0 Å². The van der Waals surface area contributed by atoms with E-state index in [0.717, 1.165) is 12.5 Å². The molecule has 3 atom stereocenters. The lowest BCUT2D eigenvalue weighted by Crippen LogP contribution is -2.42. The fourth-order valence-corrected chi connectivity index (χ4v) is 5.28. The summed E-state index contributed by atoms with van der Waals surface area (Å²) in [5, 5.41) is 3.94. The van der Waals surface area contributed by atoms with Crippen molar-refractivity contribution in [2.24, 2.45) is 11.8 Å². The molecule has 1 N–H and O–H groups in total. The van der Waals surface area contributed by atoms with E-state index in [1.54, 1.807) is 0 Å². The second kappa shape index (κ2) is 7.62. The number of hydrogen-bond donors (Lipinski definition) is 1. The van der Waals surface area contributed by atoms with Crippen LogP contribution < -0.4 is 5.32 Å². The summed E-state index contributed by atoms with van der Waals surface area (Å²) in [6.07, 6.45) is 8.49. The van der Waals surface area contributed by atoms with Crippen molar-refractivity contribution in [1.29, 1.82) is 0 Å². The first kappa shape index (κ1) is 17.9. The molecule has 0 amide bonds. The van der Waals surface area contributed by atoms with Gasteiger partial charge >= 0.3 is 0 Å². The van der Waals surface area contributed by atoms with Crippen LogP contribution in [0, 0.1) is 11.8 Å². The summed E-state index contributed by atoms with van der Waals surface area (Å²) in [4.78, 5) is 0. The van der Waals surface area contributed by atoms with Crippen LogP contribution in [0.4, 0.5) is 5.69 Å². The van der Waals surface area contributed by atoms with Gasteiger partial charge in [0.05, 0.1) is 6.10 Å². The average Bonchev–Trinajstić information content (AvgIpc) is 3.18. The van der Waals surface area contributed by atoms with E-state index in [0.29, 0.717) is 12.0 Å². The van der Waals surface area contributed by atoms with E-state index in [1.165, 1.54) is 60.9 Å². The zero-order valence-corrected chi connectivity index (χ0v) is 16.0. The lowest BCUT2D eigenvalue weighted by atomic mass is 9.73. The number of hydrogen-bond acceptors (Lipinski definition) is 2. The Morgan fingerprint density at radius 1 is 0.846 bits per heavy atom. The fourth-order valence-electron chi connectivity index (χ4n) is 5.28. The van der Waals surface area contributed by atoms with Gasteiger partial charge in [0, 0.05) is 29.8 Å². The van der Waals surface area contributed by atoms with E-state index >= 15 is 0 Å². The minimum absolute atomic E-state index is 0. The molecule has 2 aromatic carbocycles. The van der Waals surface area contributed by atoms with Crippen molar-refractivity contribution in [3.63, 3.8) is 0 Å². The SMILES string of the molecule is Cl.c1ccc(-c2ccc3c(c2)[C@H]2OCC[C@H]2[C@@H](C2CCCCC2)N3)cc1. The number of benzene rings is 2. The Morgan fingerprint density at radius 3 is 2.46 bits per heavy atom. The number of fused-ring (bicyclic) bond motifs is 3. The molecule has 5 rings (SSSR count). The molecule has 26 heavy (non-hydrogen) atoms. The van der Waals surface area contributed by atoms with E-state index in [2.05, 4.69) is 53.8 Å². The van der Waals surface area contributed by atoms with E-state index < -0.39 is 0 Å². The summed E-state index contributed by atoms with van der Waals surface area (Å²) in [5.41, 5.74) is 5.26. The molecule has 2 fully saturated rings. The predicted molar refractivity (Wildman–Crippen MR) is 110 cm³/mol. The molecule has 1 saturated carbocycles. The highest BCUT2D eigenvalue weighted by Crippen LogP contribution is 2.49. The number of rotatable bonds is 2. The largest absolute Gasteiger partial charge is 0.381 e. The Kier molecular flexibility index (Phi) is 5.24. The summed E-state index contributed by atoms with van der Waals surface area (Å²) in [5.74, 6) is 1.46. The van der Waals surface area contributed by atoms with Crippen molar-refractivity contribution < 1.29 is 4.74 Å². The van der Waals surface area contributed by atoms with Crippen LogP contribution in [-0.2, 0) is 4.74 Å². The van der Waals surface area contributed by atoms with Gasteiger partial charge < -0.3 is 10.1 Å². The molecule has 2 heterocycles. The van der Waals surface area contributed by atoms with Gasteiger partial charge in [-0.05, 0) is 48.4 Å². The molecule has 138 valence electrons. The van der Waals surface area contributed by atoms with Crippen LogP contribution in [0.3, 0.4) is 0 Å². The van der Waals surface area contributed by atoms with Crippen LogP contribution in [0.25, 0.3) is 11.1 Å². The summed E-state index contributed by atoms with van der Waals surface area (Å²) < 4.78 is 6.26. The zero-order valence-electron chi connectivity index (χ0n) is 15.2. The van der Waals surface area contributed by atoms with E-state index in [1.807, 2.05) is 0 Å². The molecular formula is C23H28ClNO. The molecule has 3 heteroatoms. The molecule has 1 saturated heterocycles. The molecule has 0 radical (unpaired) electrons. The molecular weight excluding hydrogens is 342 g/mol. The van der Waals surface area contributed by atoms with E-state index in [4.69, 9.17) is 4.74 Å². The highest BCUT2D eigenvalue weighted by atomic mass is 35.5. The summed E-state index contributed by atoms with van der Waals surface area (Å²) in [6, 6.07) is 18.2. The molecule has 3 aliphatic rings. The van der Waals surface area contributed by atoms with E-state index in [-0.39, 0.29) is 18.5 Å². The van der Waals surface area contributed by atoms with Crippen molar-refractivity contribution in [2.45, 2.75) is 50.7 Å². The van der Waals surface area contributed by atoms with Crippen LogP contribution in [0.5, 0.6) is 0 Å². The van der Waals surface area contributed by atoms with Gasteiger partial charge in [-0.3, -0.25) is 0 Å². The third-order valence-corrected chi connectivity index (χ3v) is 6.54. The monoisotopic (exact) mass is 369 g/mol. The molecule has 0 aromatic heterocycles. The third kappa shape index (κ3) is 3.14. The quantitative estimate of drug-likeness (QED) is 0.677. The second-order valence-corrected chi connectivity index (χ2v) is 7.98. The van der Waals surface area contributed by atoms with Crippen molar-refractivity contribution in [1.82, 2.24) is 0 Å². The Balaban J connectivity index is 0.00000168. The summed E-state index contributed by atoms with van der Waals surface area (Å²) in [7, 11) is 0. The van der Waals surface area contributed by atoms with Crippen molar-refractivity contribution >= 4 is 18.1 Å². The average molecular weight is 370 g/mol. The minimum atomic E-state index is 0. The minimum Gasteiger partial charge on any atom is -0.381 e. The first-order valence-electron chi connectivity index (χ1n) is 9.98. The van der Waals surface area contributed by atoms with Gasteiger partial charge in [-0.2, -0.15) is 0 Å². The number of ether oxygens (including phenoxy) is 1. The Labute approximate surface area is 162 Å². The molecule has 2 aliphatic heterocycles. The Bertz CT molecular complexity index is 741. The Hall–Kier alpha value is -1.51. The van der Waals surface area contributed by atoms with Gasteiger partial charge in [0.15, 0.2) is 0 Å². The lowest BCUT2D eigenvalue weighted by molar-refractivity contribution is 0.0732. The van der Waals surface area contributed by atoms with Crippen molar-refractivity contribution in [3.05, 3.63) is 54.1 Å². The normalized spacial score (nSPS) is 27.8. The lowest BCUT2D eigenvalue weighted by Gasteiger charge is -2.42. The molecule has 0 unspecified atom stereocenters. The van der Waals surface area contributed by atoms with Gasteiger partial charge in [0.25, 0.3) is 0 Å². The molecule has 1 aliphatic carbocycles. The standard InChI is InChI=1S/C23H27NO.ClH/c1-3-7-16(8-4-1)18-11-12-21-20(15-18)23-19(13-14-25-23)22(24-21)17-9-5-2-6-10-17;/h1,3-4,7-8,11-12,15,17,19,22-24H,2,5-6,9-10,13-14H2;1H/t19-,22+,23-;/m0./s1. The maximum atomic E-state index is 6.26. The van der Waals surface area contributed by atoms with Gasteiger partial charge in [0.2, 0.25) is 0 Å². The van der Waals surface area contributed by atoms with Gasteiger partial charge in [-0.1, -0.05) is 55.7 Å². The van der Waals surface area contributed by atoms with Crippen LogP contribution in [0.1, 0.15) is 50.2 Å². The zero-order chi connectivity index (χ0) is 16.6. The Morgan fingerprint density at radius 2 is 1.65 bits per heavy atom. The van der Waals surface area contributed by atoms with Crippen LogP contribution in [0.2, 0.25) is 0 Å². The summed E-state index contributed by atoms with van der Waals surface area (Å²) in [6.45, 7) is 0.912. The first-order chi connectivity index (χ1) is 12.4. The number of anilines is 1. The molecule has 2 nitrogen and oxygen atoms in total. The fraction of sp³-hybridized carbons (Fsp3) is 0.478. The molecule has 0 bridgehead atoms. The smallest absolute Gasteiger partial charge is 0.0893 e. The third-order valence-electron chi connectivity index (χ3n) is 6.54. The maximum Gasteiger partial charge on any atom is 0.0893 e. The van der Waals surface area contributed by atoms with Crippen LogP contribution in [0.15, 0.2) is 48.5 Å². The highest BCUT2D eigenvalue weighted by molar-refractivity contribution is 5.85. The van der Waals surface area contributed by atoms with Crippen LogP contribution in [-0.4, -0.2) is 12.6 Å². The first-order valence-corrected chi connectivity index (χ1v) is 9.98. The van der Waals surface area contributed by atoms with Crippen molar-refractivity contribution in [2.75, 3.05) is 11.9 Å². The summed E-state index contributed by atoms with van der Waals surface area (Å²) >= 11 is 0. The molecule has 2 aromatic rings. The topological polar surface area (TPSA) is 21.3 Å². The van der Waals surface area contributed by atoms with Gasteiger partial charge in [-0.15, -0.1) is 12.4 Å². The number of nitrogens with one attached hydrogen (secondary N) is 1. The number of halogens is 1.